The van der Waals surface area contributed by atoms with Crippen LogP contribution in [0.2, 0.25) is 0 Å². The number of rotatable bonds is 5. The van der Waals surface area contributed by atoms with Gasteiger partial charge in [-0.15, -0.1) is 0 Å². The van der Waals surface area contributed by atoms with Gasteiger partial charge in [0.25, 0.3) is 5.56 Å². The molecule has 7 nitrogen and oxygen atoms in total. The number of H-pyrrole nitrogens is 1. The van der Waals surface area contributed by atoms with Crippen molar-refractivity contribution in [3.63, 3.8) is 0 Å². The predicted octanol–water partition coefficient (Wildman–Crippen LogP) is 2.62. The maximum Gasteiger partial charge on any atom is 0.332 e. The van der Waals surface area contributed by atoms with E-state index >= 15 is 0 Å². The molecule has 2 amide bonds. The number of benzene rings is 2. The summed E-state index contributed by atoms with van der Waals surface area (Å²) in [5.41, 5.74) is 10.1. The highest BCUT2D eigenvalue weighted by Crippen LogP contribution is 2.22. The molecule has 132 valence electrons. The van der Waals surface area contributed by atoms with Gasteiger partial charge >= 0.3 is 6.03 Å². The highest BCUT2D eigenvalue weighted by Gasteiger charge is 2.20. The summed E-state index contributed by atoms with van der Waals surface area (Å²) in [6.45, 7) is 1.86. The zero-order valence-corrected chi connectivity index (χ0v) is 14.3. The minimum Gasteiger partial charge on any atom is -0.350 e. The van der Waals surface area contributed by atoms with Crippen LogP contribution in [-0.4, -0.2) is 21.5 Å². The molecule has 0 aliphatic heterocycles. The lowest BCUT2D eigenvalue weighted by Gasteiger charge is -2.04. The third-order valence-corrected chi connectivity index (χ3v) is 3.89. The summed E-state index contributed by atoms with van der Waals surface area (Å²) in [4.78, 5) is 24.1. The number of carbonyl (C=O) groups is 1. The minimum absolute atomic E-state index is 0.248. The summed E-state index contributed by atoms with van der Waals surface area (Å²) in [7, 11) is 0. The molecular formula is C19H19N5O2. The lowest BCUT2D eigenvalue weighted by Crippen LogP contribution is -2.27. The minimum atomic E-state index is -0.781. The number of nitrogens with one attached hydrogen (secondary N) is 2. The molecule has 0 unspecified atom stereocenters. The Morgan fingerprint density at radius 3 is 2.31 bits per heavy atom. The lowest BCUT2D eigenvalue weighted by molar-refractivity contribution is 0.249. The van der Waals surface area contributed by atoms with Crippen molar-refractivity contribution >= 4 is 11.7 Å². The van der Waals surface area contributed by atoms with E-state index in [0.717, 1.165) is 5.56 Å². The van der Waals surface area contributed by atoms with Crippen LogP contribution in [0, 0.1) is 0 Å². The average molecular weight is 349 g/mol. The second kappa shape index (κ2) is 7.52. The third-order valence-electron chi connectivity index (χ3n) is 3.89. The summed E-state index contributed by atoms with van der Waals surface area (Å²) in [5, 5.41) is 7.19. The summed E-state index contributed by atoms with van der Waals surface area (Å²) in [6.07, 6.45) is 0.446. The first-order valence-electron chi connectivity index (χ1n) is 8.20. The fraction of sp³-hybridized carbons (Fsp3) is 0.105. The van der Waals surface area contributed by atoms with Crippen LogP contribution in [0.3, 0.4) is 0 Å². The van der Waals surface area contributed by atoms with Crippen LogP contribution in [0.4, 0.5) is 4.79 Å². The number of hydrazone groups is 1. The monoisotopic (exact) mass is 349 g/mol. The SMILES string of the molecule is CC/C(=N\NC(N)=O)c1c(-c2ccccc2)[nH]n(-c2ccccc2)c1=O. The van der Waals surface area contributed by atoms with Crippen LogP contribution >= 0.6 is 0 Å². The molecule has 26 heavy (non-hydrogen) atoms. The molecule has 1 heterocycles. The number of nitrogens with two attached hydrogens (primary N) is 1. The van der Waals surface area contributed by atoms with Gasteiger partial charge in [0, 0.05) is 5.56 Å². The first kappa shape index (κ1) is 17.2. The highest BCUT2D eigenvalue weighted by atomic mass is 16.2. The van der Waals surface area contributed by atoms with Crippen molar-refractivity contribution in [2.45, 2.75) is 13.3 Å². The average Bonchev–Trinajstić information content (AvgIpc) is 3.01. The Morgan fingerprint density at radius 1 is 1.12 bits per heavy atom. The summed E-state index contributed by atoms with van der Waals surface area (Å²) in [6, 6.07) is 18.0. The molecular weight excluding hydrogens is 330 g/mol. The molecule has 0 saturated heterocycles. The van der Waals surface area contributed by atoms with Gasteiger partial charge in [-0.05, 0) is 18.6 Å². The fourth-order valence-corrected chi connectivity index (χ4v) is 2.71. The normalized spacial score (nSPS) is 11.3. The molecule has 0 aliphatic rings. The van der Waals surface area contributed by atoms with Gasteiger partial charge in [0.05, 0.1) is 22.7 Å². The molecule has 0 saturated carbocycles. The first-order valence-corrected chi connectivity index (χ1v) is 8.20. The van der Waals surface area contributed by atoms with Crippen molar-refractivity contribution in [1.82, 2.24) is 15.2 Å². The number of hydrogen-bond donors (Lipinski definition) is 3. The number of hydrogen-bond acceptors (Lipinski definition) is 3. The van der Waals surface area contributed by atoms with Crippen LogP contribution < -0.4 is 16.7 Å². The van der Waals surface area contributed by atoms with Crippen molar-refractivity contribution in [3.8, 4) is 16.9 Å². The molecule has 3 rings (SSSR count). The van der Waals surface area contributed by atoms with Gasteiger partial charge in [0.15, 0.2) is 0 Å². The fourth-order valence-electron chi connectivity index (χ4n) is 2.71. The van der Waals surface area contributed by atoms with Crippen molar-refractivity contribution in [2.75, 3.05) is 0 Å². The number of aromatic nitrogens is 2. The molecule has 0 spiro atoms. The number of aromatic amines is 1. The zero-order valence-electron chi connectivity index (χ0n) is 14.3. The quantitative estimate of drug-likeness (QED) is 0.486. The van der Waals surface area contributed by atoms with Gasteiger partial charge in [-0.1, -0.05) is 55.5 Å². The first-order chi connectivity index (χ1) is 12.6. The van der Waals surface area contributed by atoms with Crippen molar-refractivity contribution in [1.29, 1.82) is 0 Å². The molecule has 0 bridgehead atoms. The number of para-hydroxylation sites is 1. The Labute approximate surface area is 150 Å². The molecule has 0 atom stereocenters. The van der Waals surface area contributed by atoms with E-state index in [2.05, 4.69) is 15.6 Å². The molecule has 2 aromatic carbocycles. The van der Waals surface area contributed by atoms with Crippen LogP contribution in [0.25, 0.3) is 16.9 Å². The maximum atomic E-state index is 13.1. The third kappa shape index (κ3) is 3.41. The molecule has 1 aromatic heterocycles. The number of primary amides is 1. The van der Waals surface area contributed by atoms with Crippen molar-refractivity contribution in [2.24, 2.45) is 10.8 Å². The van der Waals surface area contributed by atoms with Crippen LogP contribution in [0.1, 0.15) is 18.9 Å². The van der Waals surface area contributed by atoms with Crippen LogP contribution in [-0.2, 0) is 0 Å². The topological polar surface area (TPSA) is 105 Å². The Hall–Kier alpha value is -3.61. The molecule has 0 radical (unpaired) electrons. The summed E-state index contributed by atoms with van der Waals surface area (Å²) < 4.78 is 1.47. The molecule has 4 N–H and O–H groups in total. The maximum absolute atomic E-state index is 13.1. The Bertz CT molecular complexity index is 988. The van der Waals surface area contributed by atoms with E-state index in [4.69, 9.17) is 5.73 Å². The van der Waals surface area contributed by atoms with Gasteiger partial charge in [0.2, 0.25) is 0 Å². The molecule has 7 heteroatoms. The van der Waals surface area contributed by atoms with Crippen molar-refractivity contribution in [3.05, 3.63) is 76.6 Å². The van der Waals surface area contributed by atoms with Gasteiger partial charge in [-0.2, -0.15) is 5.10 Å². The second-order valence-electron chi connectivity index (χ2n) is 5.59. The molecule has 0 fully saturated rings. The standard InChI is InChI=1S/C19H19N5O2/c1-2-15(21-22-19(20)26)16-17(13-9-5-3-6-10-13)23-24(18(16)25)14-11-7-4-8-12-14/h3-12,23H,2H2,1H3,(H3,20,22,26)/b21-15+. The van der Waals surface area contributed by atoms with E-state index in [1.54, 1.807) is 0 Å². The van der Waals surface area contributed by atoms with Gasteiger partial charge in [-0.3, -0.25) is 9.89 Å². The van der Waals surface area contributed by atoms with E-state index in [1.165, 1.54) is 4.68 Å². The van der Waals surface area contributed by atoms with E-state index in [9.17, 15) is 9.59 Å². The van der Waals surface area contributed by atoms with Crippen LogP contribution in [0.15, 0.2) is 70.6 Å². The van der Waals surface area contributed by atoms with Crippen molar-refractivity contribution < 1.29 is 4.79 Å². The van der Waals surface area contributed by atoms with E-state index < -0.39 is 6.03 Å². The smallest absolute Gasteiger partial charge is 0.332 e. The Morgan fingerprint density at radius 2 is 1.73 bits per heavy atom. The number of nitrogens with zero attached hydrogens (tertiary/aromatic N) is 2. The number of amides is 2. The number of urea groups is 1. The van der Waals surface area contributed by atoms with E-state index in [-0.39, 0.29) is 5.56 Å². The highest BCUT2D eigenvalue weighted by molar-refractivity contribution is 6.05. The van der Waals surface area contributed by atoms with Gasteiger partial charge in [0.1, 0.15) is 0 Å². The van der Waals surface area contributed by atoms with Crippen LogP contribution in [0.5, 0.6) is 0 Å². The Balaban J connectivity index is 2.24. The number of carbonyl (C=O) groups excluding carboxylic acids is 1. The van der Waals surface area contributed by atoms with E-state index in [1.807, 2.05) is 67.6 Å². The molecule has 0 aliphatic carbocycles. The summed E-state index contributed by atoms with van der Waals surface area (Å²) in [5.74, 6) is 0. The zero-order chi connectivity index (χ0) is 18.5. The Kier molecular flexibility index (Phi) is 4.98. The predicted molar refractivity (Wildman–Crippen MR) is 101 cm³/mol. The second-order valence-corrected chi connectivity index (χ2v) is 5.59. The summed E-state index contributed by atoms with van der Waals surface area (Å²) >= 11 is 0. The van der Waals surface area contributed by atoms with Gasteiger partial charge < -0.3 is 5.73 Å². The van der Waals surface area contributed by atoms with E-state index in [0.29, 0.717) is 29.1 Å². The van der Waals surface area contributed by atoms with Gasteiger partial charge in [-0.25, -0.2) is 14.9 Å². The molecule has 3 aromatic rings. The largest absolute Gasteiger partial charge is 0.350 e. The lowest BCUT2D eigenvalue weighted by atomic mass is 10.0.